The van der Waals surface area contributed by atoms with E-state index in [0.29, 0.717) is 30.1 Å². The van der Waals surface area contributed by atoms with Gasteiger partial charge < -0.3 is 20.4 Å². The lowest BCUT2D eigenvalue weighted by molar-refractivity contribution is -0.223. The van der Waals surface area contributed by atoms with Crippen molar-refractivity contribution in [3.63, 3.8) is 0 Å². The van der Waals surface area contributed by atoms with E-state index in [1.54, 1.807) is 0 Å². The van der Waals surface area contributed by atoms with E-state index in [9.17, 15) is 20.1 Å². The second-order valence-corrected chi connectivity index (χ2v) is 12.2. The molecular weight excluding hydrogens is 392 g/mol. The summed E-state index contributed by atoms with van der Waals surface area (Å²) in [6, 6.07) is 0. The Bertz CT molecular complexity index is 666. The third-order valence-corrected chi connectivity index (χ3v) is 10.8. The number of hydrogen-bond donors (Lipinski definition) is 4. The lowest BCUT2D eigenvalue weighted by Gasteiger charge is -2.63. The Balaban J connectivity index is 1.50. The molecule has 5 heteroatoms. The number of aliphatic carboxylic acids is 1. The smallest absolute Gasteiger partial charge is 0.303 e. The molecule has 0 saturated heterocycles. The number of carboxylic acids is 1. The maximum Gasteiger partial charge on any atom is 0.303 e. The summed E-state index contributed by atoms with van der Waals surface area (Å²) in [5.41, 5.74) is 0.218. The molecule has 4 N–H and O–H groups in total. The minimum absolute atomic E-state index is 0.00205. The lowest BCUT2D eigenvalue weighted by atomic mass is 9.43. The van der Waals surface area contributed by atoms with Crippen LogP contribution < -0.4 is 0 Å². The van der Waals surface area contributed by atoms with E-state index in [4.69, 9.17) is 5.11 Å². The maximum absolute atomic E-state index is 11.3. The van der Waals surface area contributed by atoms with E-state index in [-0.39, 0.29) is 35.2 Å². The summed E-state index contributed by atoms with van der Waals surface area (Å²) >= 11 is 0. The van der Waals surface area contributed by atoms with Gasteiger partial charge in [0.15, 0.2) is 0 Å². The fourth-order valence-electron chi connectivity index (χ4n) is 9.16. The maximum atomic E-state index is 11.3. The Kier molecular flexibility index (Phi) is 6.53. The van der Waals surface area contributed by atoms with Crippen LogP contribution in [0.15, 0.2) is 0 Å². The van der Waals surface area contributed by atoms with Crippen molar-refractivity contribution in [3.05, 3.63) is 0 Å². The minimum atomic E-state index is -0.726. The molecular formula is C26H44O5. The first-order chi connectivity index (χ1) is 14.6. The molecule has 4 saturated carbocycles. The summed E-state index contributed by atoms with van der Waals surface area (Å²) in [4.78, 5) is 10.8. The number of carboxylic acid groups (broad SMARTS) is 1. The Morgan fingerprint density at radius 3 is 2.29 bits per heavy atom. The molecule has 5 nitrogen and oxygen atoms in total. The highest BCUT2D eigenvalue weighted by Crippen LogP contribution is 2.68. The van der Waals surface area contributed by atoms with E-state index in [0.717, 1.165) is 44.9 Å². The molecule has 0 bridgehead atoms. The quantitative estimate of drug-likeness (QED) is 0.467. The van der Waals surface area contributed by atoms with Crippen LogP contribution in [-0.4, -0.2) is 44.7 Å². The zero-order chi connectivity index (χ0) is 22.6. The van der Waals surface area contributed by atoms with Gasteiger partial charge in [-0.25, -0.2) is 0 Å². The highest BCUT2D eigenvalue weighted by molar-refractivity contribution is 5.66. The molecule has 0 spiro atoms. The van der Waals surface area contributed by atoms with Crippen LogP contribution in [0, 0.1) is 46.3 Å². The van der Waals surface area contributed by atoms with Gasteiger partial charge in [0.25, 0.3) is 0 Å². The summed E-state index contributed by atoms with van der Waals surface area (Å²) < 4.78 is 0. The zero-order valence-corrected chi connectivity index (χ0v) is 19.7. The summed E-state index contributed by atoms with van der Waals surface area (Å²) in [6.45, 7) is 7.12. The molecule has 31 heavy (non-hydrogen) atoms. The third kappa shape index (κ3) is 3.87. The largest absolute Gasteiger partial charge is 0.481 e. The van der Waals surface area contributed by atoms with Crippen molar-refractivity contribution in [2.75, 3.05) is 0 Å². The van der Waals surface area contributed by atoms with Crippen LogP contribution in [0.5, 0.6) is 0 Å². The molecule has 0 unspecified atom stereocenters. The highest BCUT2D eigenvalue weighted by Gasteiger charge is 2.65. The lowest BCUT2D eigenvalue weighted by Crippen LogP contribution is -2.64. The van der Waals surface area contributed by atoms with E-state index in [1.807, 2.05) is 0 Å². The number of unbranched alkanes of at least 4 members (excludes halogenated alkanes) is 1. The molecule has 0 radical (unpaired) electrons. The van der Waals surface area contributed by atoms with Crippen LogP contribution in [-0.2, 0) is 4.79 Å². The van der Waals surface area contributed by atoms with Crippen LogP contribution in [0.2, 0.25) is 0 Å². The first-order valence-corrected chi connectivity index (χ1v) is 12.9. The van der Waals surface area contributed by atoms with Crippen LogP contribution in [0.4, 0.5) is 0 Å². The molecule has 178 valence electrons. The van der Waals surface area contributed by atoms with Crippen molar-refractivity contribution < 1.29 is 25.2 Å². The summed E-state index contributed by atoms with van der Waals surface area (Å²) in [6.07, 6.45) is 8.35. The minimum Gasteiger partial charge on any atom is -0.481 e. The SMILES string of the molecule is C[C@H](CCCCC(=O)O)[C@H]1CC[C@H]2[C@@H]3[C@H](O)[C@H](O)[C@@H]4C[C@H](O)CC[C@]4(C)[C@H]3CC[C@]12C. The van der Waals surface area contributed by atoms with Gasteiger partial charge >= 0.3 is 5.97 Å². The monoisotopic (exact) mass is 436 g/mol. The van der Waals surface area contributed by atoms with E-state index < -0.39 is 18.2 Å². The van der Waals surface area contributed by atoms with Gasteiger partial charge in [0, 0.05) is 6.42 Å². The molecule has 0 aromatic carbocycles. The van der Waals surface area contributed by atoms with E-state index in [1.165, 1.54) is 12.8 Å². The van der Waals surface area contributed by atoms with Gasteiger partial charge in [-0.2, -0.15) is 0 Å². The Morgan fingerprint density at radius 2 is 1.58 bits per heavy atom. The molecule has 0 amide bonds. The predicted octanol–water partition coefficient (Wildman–Crippen LogP) is 4.23. The summed E-state index contributed by atoms with van der Waals surface area (Å²) in [5.74, 6) is 1.53. The van der Waals surface area contributed by atoms with Gasteiger partial charge in [0.2, 0.25) is 0 Å². The number of fused-ring (bicyclic) bond motifs is 5. The standard InChI is InChI=1S/C26H44O5/c1-15(6-4-5-7-21(28)29)17-8-9-18-22-19(11-13-25(17,18)2)26(3)12-10-16(27)14-20(26)23(30)24(22)31/h15-20,22-24,27,30-31H,4-14H2,1-3H3,(H,28,29)/t15-,16-,17-,18+,19+,20+,22+,23-,24+,25-,26-/m1/s1. The fourth-order valence-corrected chi connectivity index (χ4v) is 9.16. The van der Waals surface area contributed by atoms with Crippen molar-refractivity contribution in [3.8, 4) is 0 Å². The van der Waals surface area contributed by atoms with Crippen molar-refractivity contribution in [1.29, 1.82) is 0 Å². The van der Waals surface area contributed by atoms with Crippen molar-refractivity contribution >= 4 is 5.97 Å². The molecule has 4 aliphatic carbocycles. The number of carbonyl (C=O) groups is 1. The Morgan fingerprint density at radius 1 is 0.903 bits per heavy atom. The van der Waals surface area contributed by atoms with Gasteiger partial charge in [-0.05, 0) is 97.7 Å². The van der Waals surface area contributed by atoms with Crippen LogP contribution in [0.25, 0.3) is 0 Å². The molecule has 4 fully saturated rings. The molecule has 4 rings (SSSR count). The average molecular weight is 437 g/mol. The molecule has 11 atom stereocenters. The topological polar surface area (TPSA) is 98.0 Å². The zero-order valence-electron chi connectivity index (χ0n) is 19.7. The first kappa shape index (κ1) is 23.5. The van der Waals surface area contributed by atoms with Crippen molar-refractivity contribution in [2.45, 2.75) is 110 Å². The third-order valence-electron chi connectivity index (χ3n) is 10.8. The number of rotatable bonds is 6. The predicted molar refractivity (Wildman–Crippen MR) is 119 cm³/mol. The molecule has 0 aromatic heterocycles. The fraction of sp³-hybridized carbons (Fsp3) is 0.962. The van der Waals surface area contributed by atoms with Gasteiger partial charge in [0.05, 0.1) is 18.3 Å². The molecule has 4 aliphatic rings. The second kappa shape index (κ2) is 8.61. The van der Waals surface area contributed by atoms with Gasteiger partial charge in [-0.1, -0.05) is 33.6 Å². The Labute approximate surface area is 187 Å². The van der Waals surface area contributed by atoms with Crippen molar-refractivity contribution in [2.24, 2.45) is 46.3 Å². The van der Waals surface area contributed by atoms with Gasteiger partial charge in [-0.15, -0.1) is 0 Å². The van der Waals surface area contributed by atoms with E-state index in [2.05, 4.69) is 20.8 Å². The normalized spacial score (nSPS) is 50.3. The number of hydrogen-bond acceptors (Lipinski definition) is 4. The Hall–Kier alpha value is -0.650. The summed E-state index contributed by atoms with van der Waals surface area (Å²) in [7, 11) is 0. The molecule has 0 aliphatic heterocycles. The van der Waals surface area contributed by atoms with Crippen LogP contribution >= 0.6 is 0 Å². The van der Waals surface area contributed by atoms with Crippen LogP contribution in [0.1, 0.15) is 91.4 Å². The summed E-state index contributed by atoms with van der Waals surface area (Å²) in [5, 5.41) is 41.6. The van der Waals surface area contributed by atoms with Gasteiger partial charge in [0.1, 0.15) is 0 Å². The van der Waals surface area contributed by atoms with Crippen molar-refractivity contribution in [1.82, 2.24) is 0 Å². The van der Waals surface area contributed by atoms with Gasteiger partial charge in [-0.3, -0.25) is 4.79 Å². The first-order valence-electron chi connectivity index (χ1n) is 12.9. The van der Waals surface area contributed by atoms with E-state index >= 15 is 0 Å². The average Bonchev–Trinajstić information content (AvgIpc) is 3.07. The molecule has 0 heterocycles. The second-order valence-electron chi connectivity index (χ2n) is 12.2. The highest BCUT2D eigenvalue weighted by atomic mass is 16.4. The van der Waals surface area contributed by atoms with Crippen LogP contribution in [0.3, 0.4) is 0 Å². The number of aliphatic hydroxyl groups excluding tert-OH is 3. The molecule has 0 aromatic rings. The number of aliphatic hydroxyl groups is 3.